The lowest BCUT2D eigenvalue weighted by atomic mass is 9.94. The van der Waals surface area contributed by atoms with Crippen molar-refractivity contribution in [2.24, 2.45) is 10.9 Å². The summed E-state index contributed by atoms with van der Waals surface area (Å²) in [7, 11) is 0. The summed E-state index contributed by atoms with van der Waals surface area (Å²) in [6.45, 7) is 14.5. The summed E-state index contributed by atoms with van der Waals surface area (Å²) in [5, 5.41) is 8.06. The van der Waals surface area contributed by atoms with Gasteiger partial charge in [-0.15, -0.1) is 6.58 Å². The summed E-state index contributed by atoms with van der Waals surface area (Å²) in [5.41, 5.74) is 8.59. The fourth-order valence-electron chi connectivity index (χ4n) is 5.83. The van der Waals surface area contributed by atoms with Crippen LogP contribution in [0.3, 0.4) is 0 Å². The fourth-order valence-corrected chi connectivity index (χ4v) is 5.83. The average Bonchev–Trinajstić information content (AvgIpc) is 3.28. The van der Waals surface area contributed by atoms with E-state index in [9.17, 15) is 4.39 Å². The van der Waals surface area contributed by atoms with Gasteiger partial charge >= 0.3 is 0 Å². The monoisotopic (exact) mass is 513 g/mol. The molecule has 0 radical (unpaired) electrons. The largest absolute Gasteiger partial charge is 0.299 e. The van der Waals surface area contributed by atoms with Gasteiger partial charge in [0.1, 0.15) is 6.17 Å². The Kier molecular flexibility index (Phi) is 8.20. The predicted molar refractivity (Wildman–Crippen MR) is 154 cm³/mol. The fraction of sp³-hybridized carbons (Fsp3) is 0.438. The van der Waals surface area contributed by atoms with E-state index in [2.05, 4.69) is 78.0 Å². The van der Waals surface area contributed by atoms with Crippen molar-refractivity contribution >= 4 is 11.5 Å². The molecular weight excluding hydrogens is 473 g/mol. The minimum absolute atomic E-state index is 0.108. The highest BCUT2D eigenvalue weighted by atomic mass is 19.1. The molecule has 0 aliphatic carbocycles. The molecule has 2 atom stereocenters. The maximum absolute atomic E-state index is 14.6. The lowest BCUT2D eigenvalue weighted by Gasteiger charge is -2.35. The molecule has 0 saturated carbocycles. The summed E-state index contributed by atoms with van der Waals surface area (Å²) < 4.78 is 16.3. The number of allylic oxidation sites excluding steroid dienone is 1. The first-order chi connectivity index (χ1) is 18.4. The van der Waals surface area contributed by atoms with Gasteiger partial charge in [0.25, 0.3) is 0 Å². The second-order valence-electron chi connectivity index (χ2n) is 11.2. The number of aryl methyl sites for hydroxylation is 3. The van der Waals surface area contributed by atoms with E-state index in [0.29, 0.717) is 18.2 Å². The second-order valence-corrected chi connectivity index (χ2v) is 11.2. The van der Waals surface area contributed by atoms with Crippen LogP contribution in [0.15, 0.2) is 65.8 Å². The lowest BCUT2D eigenvalue weighted by molar-refractivity contribution is 0.159. The van der Waals surface area contributed by atoms with Crippen LogP contribution in [0, 0.1) is 25.6 Å². The number of nitrogens with zero attached hydrogens (tertiary/aromatic N) is 4. The predicted octanol–water partition coefficient (Wildman–Crippen LogP) is 6.67. The third-order valence-corrected chi connectivity index (χ3v) is 7.93. The quantitative estimate of drug-likeness (QED) is 0.325. The molecule has 3 heterocycles. The summed E-state index contributed by atoms with van der Waals surface area (Å²) in [4.78, 5) is 7.27. The van der Waals surface area contributed by atoms with Gasteiger partial charge in [-0.25, -0.2) is 14.1 Å². The topological polar surface area (TPSA) is 45.4 Å². The Morgan fingerprint density at radius 3 is 2.82 bits per heavy atom. The summed E-state index contributed by atoms with van der Waals surface area (Å²) >= 11 is 0. The van der Waals surface area contributed by atoms with E-state index in [0.717, 1.165) is 55.9 Å². The second kappa shape index (κ2) is 11.7. The normalized spacial score (nSPS) is 19.7. The van der Waals surface area contributed by atoms with E-state index >= 15 is 0 Å². The number of rotatable bonds is 9. The minimum atomic E-state index is -0.369. The van der Waals surface area contributed by atoms with Gasteiger partial charge in [0, 0.05) is 26.1 Å². The third kappa shape index (κ3) is 6.13. The first-order valence-electron chi connectivity index (χ1n) is 13.9. The molecule has 2 aliphatic heterocycles. The number of aliphatic imine (C=N–C) groups is 1. The van der Waals surface area contributed by atoms with Gasteiger partial charge in [-0.05, 0) is 81.2 Å². The third-order valence-electron chi connectivity index (χ3n) is 7.93. The maximum atomic E-state index is 14.6. The standard InChI is InChI=1S/C32H40FN5/c1-22(2)11-13-26-16-23(3)12-14-27(26)21-37-15-7-9-25(20-37)18-34-31-17-30(28-10-6-5-8-24(28)4)36-32-29(33)19-35-38(31)32/h5-6,8,10,12,14,16,19,25,31,34H,1,7,9,11,13,15,17-18,20-21H2,2-4H3. The van der Waals surface area contributed by atoms with Crippen LogP contribution in [-0.2, 0) is 13.0 Å². The van der Waals surface area contributed by atoms with Gasteiger partial charge in [-0.3, -0.25) is 10.2 Å². The molecule has 0 bridgehead atoms. The smallest absolute Gasteiger partial charge is 0.188 e. The molecule has 3 aromatic rings. The molecule has 1 fully saturated rings. The van der Waals surface area contributed by atoms with Crippen LogP contribution < -0.4 is 5.32 Å². The molecule has 1 N–H and O–H groups in total. The molecule has 38 heavy (non-hydrogen) atoms. The minimum Gasteiger partial charge on any atom is -0.299 e. The van der Waals surface area contributed by atoms with Crippen molar-refractivity contribution in [1.82, 2.24) is 20.0 Å². The van der Waals surface area contributed by atoms with E-state index in [1.807, 2.05) is 12.1 Å². The highest BCUT2D eigenvalue weighted by molar-refractivity contribution is 6.03. The van der Waals surface area contributed by atoms with Crippen LogP contribution in [0.1, 0.15) is 66.6 Å². The van der Waals surface area contributed by atoms with Crippen LogP contribution in [-0.4, -0.2) is 40.0 Å². The van der Waals surface area contributed by atoms with Gasteiger partial charge < -0.3 is 0 Å². The molecule has 0 spiro atoms. The van der Waals surface area contributed by atoms with Gasteiger partial charge in [-0.2, -0.15) is 5.10 Å². The molecule has 2 unspecified atom stereocenters. The van der Waals surface area contributed by atoms with E-state index < -0.39 is 0 Å². The van der Waals surface area contributed by atoms with E-state index in [4.69, 9.17) is 0 Å². The zero-order chi connectivity index (χ0) is 26.6. The molecule has 5 rings (SSSR count). The zero-order valence-corrected chi connectivity index (χ0v) is 23.0. The molecule has 6 heteroatoms. The van der Waals surface area contributed by atoms with Crippen LogP contribution in [0.4, 0.5) is 10.2 Å². The van der Waals surface area contributed by atoms with Crippen molar-refractivity contribution in [1.29, 1.82) is 0 Å². The number of halogens is 1. The van der Waals surface area contributed by atoms with Crippen LogP contribution in [0.2, 0.25) is 0 Å². The Bertz CT molecular complexity index is 1320. The Morgan fingerprint density at radius 2 is 2.00 bits per heavy atom. The van der Waals surface area contributed by atoms with Crippen molar-refractivity contribution in [3.63, 3.8) is 0 Å². The van der Waals surface area contributed by atoms with Gasteiger partial charge in [0.2, 0.25) is 0 Å². The number of hydrogen-bond donors (Lipinski definition) is 1. The lowest BCUT2D eigenvalue weighted by Crippen LogP contribution is -2.42. The van der Waals surface area contributed by atoms with Gasteiger partial charge in [0.05, 0.1) is 11.9 Å². The molecule has 1 aromatic heterocycles. The Hall–Kier alpha value is -3.09. The summed E-state index contributed by atoms with van der Waals surface area (Å²) in [6, 6.07) is 15.1. The Labute approximate surface area is 226 Å². The average molecular weight is 514 g/mol. The molecule has 0 amide bonds. The van der Waals surface area contributed by atoms with Crippen molar-refractivity contribution in [3.8, 4) is 0 Å². The Morgan fingerprint density at radius 1 is 1.16 bits per heavy atom. The van der Waals surface area contributed by atoms with Crippen molar-refractivity contribution in [2.45, 2.75) is 65.6 Å². The van der Waals surface area contributed by atoms with Crippen molar-refractivity contribution in [2.75, 3.05) is 19.6 Å². The number of piperidine rings is 1. The van der Waals surface area contributed by atoms with Gasteiger partial charge in [0.15, 0.2) is 11.6 Å². The molecule has 2 aliphatic rings. The van der Waals surface area contributed by atoms with E-state index in [1.54, 1.807) is 4.68 Å². The van der Waals surface area contributed by atoms with E-state index in [1.165, 1.54) is 41.3 Å². The van der Waals surface area contributed by atoms with Crippen LogP contribution >= 0.6 is 0 Å². The van der Waals surface area contributed by atoms with Crippen molar-refractivity contribution < 1.29 is 4.39 Å². The first-order valence-corrected chi connectivity index (χ1v) is 13.9. The number of nitrogens with one attached hydrogen (secondary N) is 1. The van der Waals surface area contributed by atoms with Crippen LogP contribution in [0.5, 0.6) is 0 Å². The molecule has 200 valence electrons. The number of fused-ring (bicyclic) bond motifs is 1. The van der Waals surface area contributed by atoms with Crippen LogP contribution in [0.25, 0.3) is 0 Å². The molecular formula is C32H40FN5. The number of aromatic nitrogens is 2. The SMILES string of the molecule is C=C(C)CCc1cc(C)ccc1CN1CCCC(CNC2CC(c3ccccc3C)=Nc3c(F)cnn32)C1. The molecule has 2 aromatic carbocycles. The van der Waals surface area contributed by atoms with Crippen molar-refractivity contribution in [3.05, 3.63) is 94.4 Å². The first kappa shape index (κ1) is 26.5. The molecule has 1 saturated heterocycles. The summed E-state index contributed by atoms with van der Waals surface area (Å²) in [5.74, 6) is 0.489. The zero-order valence-electron chi connectivity index (χ0n) is 23.0. The number of likely N-dealkylation sites (tertiary alicyclic amines) is 1. The summed E-state index contributed by atoms with van der Waals surface area (Å²) in [6.07, 6.45) is 6.35. The maximum Gasteiger partial charge on any atom is 0.188 e. The number of benzene rings is 2. The highest BCUT2D eigenvalue weighted by Gasteiger charge is 2.28. The Balaban J connectivity index is 1.24. The van der Waals surface area contributed by atoms with Gasteiger partial charge in [-0.1, -0.05) is 53.6 Å². The molecule has 5 nitrogen and oxygen atoms in total. The van der Waals surface area contributed by atoms with E-state index in [-0.39, 0.29) is 12.0 Å². The highest BCUT2D eigenvalue weighted by Crippen LogP contribution is 2.31. The number of hydrogen-bond acceptors (Lipinski definition) is 4.